The fourth-order valence-corrected chi connectivity index (χ4v) is 3.77. The molecule has 0 saturated carbocycles. The molecule has 5 nitrogen and oxygen atoms in total. The molecule has 0 saturated heterocycles. The molecule has 2 rings (SSSR count). The van der Waals surface area contributed by atoms with Crippen molar-refractivity contribution in [3.8, 4) is 5.75 Å². The highest BCUT2D eigenvalue weighted by molar-refractivity contribution is 8.04. The van der Waals surface area contributed by atoms with E-state index in [-0.39, 0.29) is 17.1 Å². The summed E-state index contributed by atoms with van der Waals surface area (Å²) in [5.74, 6) is 0.350. The average molecular weight is 392 g/mol. The van der Waals surface area contributed by atoms with Crippen LogP contribution in [0.1, 0.15) is 46.1 Å². The Kier molecular flexibility index (Phi) is 8.38. The zero-order valence-corrected chi connectivity index (χ0v) is 17.4. The summed E-state index contributed by atoms with van der Waals surface area (Å²) in [7, 11) is 0. The van der Waals surface area contributed by atoms with Crippen molar-refractivity contribution in [1.82, 2.24) is 4.90 Å². The summed E-state index contributed by atoms with van der Waals surface area (Å²) < 4.78 is 10.9. The SMILES string of the molecule is CCCOc1ccc(C2=C(SC(C)C)C(=O)N(CCCOCC)C2=O)cc1. The summed E-state index contributed by atoms with van der Waals surface area (Å²) in [6.07, 6.45) is 1.58. The van der Waals surface area contributed by atoms with Crippen LogP contribution in [0.4, 0.5) is 0 Å². The molecule has 0 N–H and O–H groups in total. The van der Waals surface area contributed by atoms with Gasteiger partial charge in [-0.1, -0.05) is 32.9 Å². The maximum Gasteiger partial charge on any atom is 0.267 e. The third-order valence-corrected chi connectivity index (χ3v) is 5.06. The number of benzene rings is 1. The molecule has 0 fully saturated rings. The van der Waals surface area contributed by atoms with Crippen LogP contribution < -0.4 is 4.74 Å². The number of carbonyl (C=O) groups is 2. The molecule has 148 valence electrons. The first-order valence-corrected chi connectivity index (χ1v) is 10.5. The summed E-state index contributed by atoms with van der Waals surface area (Å²) in [6.45, 7) is 10.2. The van der Waals surface area contributed by atoms with E-state index in [1.165, 1.54) is 16.7 Å². The van der Waals surface area contributed by atoms with Gasteiger partial charge in [0.15, 0.2) is 0 Å². The van der Waals surface area contributed by atoms with Crippen LogP contribution in [-0.4, -0.2) is 48.3 Å². The van der Waals surface area contributed by atoms with E-state index in [4.69, 9.17) is 9.47 Å². The van der Waals surface area contributed by atoms with Gasteiger partial charge in [-0.15, -0.1) is 11.8 Å². The molecule has 0 aliphatic carbocycles. The molecular formula is C21H29NO4S. The number of nitrogens with zero attached hydrogens (tertiary/aromatic N) is 1. The van der Waals surface area contributed by atoms with Gasteiger partial charge in [-0.05, 0) is 37.5 Å². The van der Waals surface area contributed by atoms with Gasteiger partial charge in [0.2, 0.25) is 0 Å². The molecule has 0 atom stereocenters. The molecule has 2 amide bonds. The molecular weight excluding hydrogens is 362 g/mol. The highest BCUT2D eigenvalue weighted by atomic mass is 32.2. The van der Waals surface area contributed by atoms with Gasteiger partial charge in [-0.25, -0.2) is 0 Å². The molecule has 0 bridgehead atoms. The van der Waals surface area contributed by atoms with E-state index in [1.54, 1.807) is 0 Å². The van der Waals surface area contributed by atoms with Crippen LogP contribution in [0.3, 0.4) is 0 Å². The Labute approximate surface area is 166 Å². The number of hydrogen-bond donors (Lipinski definition) is 0. The number of carbonyl (C=O) groups excluding carboxylic acids is 2. The maximum absolute atomic E-state index is 13.0. The van der Waals surface area contributed by atoms with Crippen molar-refractivity contribution in [3.05, 3.63) is 34.7 Å². The molecule has 0 aromatic heterocycles. The third-order valence-electron chi connectivity index (χ3n) is 3.97. The van der Waals surface area contributed by atoms with Crippen molar-refractivity contribution < 1.29 is 19.1 Å². The molecule has 0 radical (unpaired) electrons. The Balaban J connectivity index is 2.24. The fourth-order valence-electron chi connectivity index (χ4n) is 2.76. The summed E-state index contributed by atoms with van der Waals surface area (Å²) in [6, 6.07) is 7.42. The highest BCUT2D eigenvalue weighted by Crippen LogP contribution is 2.38. The van der Waals surface area contributed by atoms with E-state index >= 15 is 0 Å². The summed E-state index contributed by atoms with van der Waals surface area (Å²) in [5.41, 5.74) is 1.25. The maximum atomic E-state index is 13.0. The van der Waals surface area contributed by atoms with Crippen LogP contribution in [0.2, 0.25) is 0 Å². The monoisotopic (exact) mass is 391 g/mol. The van der Waals surface area contributed by atoms with E-state index in [9.17, 15) is 9.59 Å². The van der Waals surface area contributed by atoms with Crippen LogP contribution in [0, 0.1) is 0 Å². The summed E-state index contributed by atoms with van der Waals surface area (Å²) >= 11 is 1.45. The first-order valence-electron chi connectivity index (χ1n) is 9.57. The number of imide groups is 1. The standard InChI is InChI=1S/C21H29NO4S/c1-5-13-26-17-10-8-16(9-11-17)18-19(27-15(3)4)21(24)22(20(18)23)12-7-14-25-6-2/h8-11,15H,5-7,12-14H2,1-4H3. The smallest absolute Gasteiger partial charge is 0.267 e. The van der Waals surface area contributed by atoms with E-state index in [0.717, 1.165) is 17.7 Å². The van der Waals surface area contributed by atoms with Crippen molar-refractivity contribution >= 4 is 29.1 Å². The lowest BCUT2D eigenvalue weighted by atomic mass is 10.1. The zero-order chi connectivity index (χ0) is 19.8. The van der Waals surface area contributed by atoms with E-state index in [1.807, 2.05) is 45.0 Å². The summed E-state index contributed by atoms with van der Waals surface area (Å²) in [4.78, 5) is 27.7. The average Bonchev–Trinajstić information content (AvgIpc) is 2.87. The van der Waals surface area contributed by atoms with Gasteiger partial charge >= 0.3 is 0 Å². The first-order chi connectivity index (χ1) is 13.0. The largest absolute Gasteiger partial charge is 0.494 e. The molecule has 1 aromatic carbocycles. The zero-order valence-electron chi connectivity index (χ0n) is 16.6. The van der Waals surface area contributed by atoms with Crippen LogP contribution in [0.15, 0.2) is 29.2 Å². The van der Waals surface area contributed by atoms with Gasteiger partial charge in [0.25, 0.3) is 11.8 Å². The third kappa shape index (κ3) is 5.59. The molecule has 27 heavy (non-hydrogen) atoms. The fraction of sp³-hybridized carbons (Fsp3) is 0.524. The first kappa shape index (κ1) is 21.5. The quantitative estimate of drug-likeness (QED) is 0.419. The van der Waals surface area contributed by atoms with Gasteiger partial charge < -0.3 is 9.47 Å². The Bertz CT molecular complexity index is 682. The summed E-state index contributed by atoms with van der Waals surface area (Å²) in [5, 5.41) is 0.210. The molecule has 0 spiro atoms. The van der Waals surface area contributed by atoms with Gasteiger partial charge in [-0.2, -0.15) is 0 Å². The molecule has 1 aromatic rings. The van der Waals surface area contributed by atoms with Gasteiger partial charge in [-0.3, -0.25) is 14.5 Å². The predicted molar refractivity (Wildman–Crippen MR) is 110 cm³/mol. The lowest BCUT2D eigenvalue weighted by molar-refractivity contribution is -0.136. The number of rotatable bonds is 11. The second kappa shape index (κ2) is 10.5. The molecule has 1 aliphatic rings. The van der Waals surface area contributed by atoms with E-state index < -0.39 is 0 Å². The highest BCUT2D eigenvalue weighted by Gasteiger charge is 2.39. The van der Waals surface area contributed by atoms with Gasteiger partial charge in [0.05, 0.1) is 17.1 Å². The van der Waals surface area contributed by atoms with E-state index in [0.29, 0.717) is 43.3 Å². The predicted octanol–water partition coefficient (Wildman–Crippen LogP) is 4.12. The Hall–Kier alpha value is -1.79. The van der Waals surface area contributed by atoms with Crippen molar-refractivity contribution in [1.29, 1.82) is 0 Å². The second-order valence-corrected chi connectivity index (χ2v) is 8.14. The van der Waals surface area contributed by atoms with Crippen LogP contribution in [0.25, 0.3) is 5.57 Å². The number of hydrogen-bond acceptors (Lipinski definition) is 5. The number of thioether (sulfide) groups is 1. The molecule has 0 unspecified atom stereocenters. The topological polar surface area (TPSA) is 55.8 Å². The van der Waals surface area contributed by atoms with Crippen molar-refractivity contribution in [2.75, 3.05) is 26.4 Å². The lowest BCUT2D eigenvalue weighted by Crippen LogP contribution is -2.33. The molecule has 1 heterocycles. The van der Waals surface area contributed by atoms with Gasteiger partial charge in [0, 0.05) is 25.0 Å². The Morgan fingerprint density at radius 3 is 2.33 bits per heavy atom. The van der Waals surface area contributed by atoms with Crippen LogP contribution in [-0.2, 0) is 14.3 Å². The Morgan fingerprint density at radius 1 is 1.04 bits per heavy atom. The van der Waals surface area contributed by atoms with Crippen LogP contribution >= 0.6 is 11.8 Å². The Morgan fingerprint density at radius 2 is 1.74 bits per heavy atom. The minimum absolute atomic E-state index is 0.198. The van der Waals surface area contributed by atoms with Crippen molar-refractivity contribution in [2.45, 2.75) is 45.8 Å². The van der Waals surface area contributed by atoms with Crippen molar-refractivity contribution in [3.63, 3.8) is 0 Å². The van der Waals surface area contributed by atoms with Crippen LogP contribution in [0.5, 0.6) is 5.75 Å². The minimum Gasteiger partial charge on any atom is -0.494 e. The molecule has 6 heteroatoms. The van der Waals surface area contributed by atoms with Gasteiger partial charge in [0.1, 0.15) is 5.75 Å². The van der Waals surface area contributed by atoms with E-state index in [2.05, 4.69) is 6.92 Å². The lowest BCUT2D eigenvalue weighted by Gasteiger charge is -2.15. The second-order valence-electron chi connectivity index (χ2n) is 6.56. The van der Waals surface area contributed by atoms with Crippen molar-refractivity contribution in [2.24, 2.45) is 0 Å². The minimum atomic E-state index is -0.220. The number of amides is 2. The normalized spacial score (nSPS) is 14.6. The number of ether oxygens (including phenoxy) is 2. The molecule has 1 aliphatic heterocycles.